The van der Waals surface area contributed by atoms with Crippen LogP contribution in [0.25, 0.3) is 0 Å². The lowest BCUT2D eigenvalue weighted by atomic mass is 9.92. The maximum atomic E-state index is 5.21. The normalized spacial score (nSPS) is 14.3. The summed E-state index contributed by atoms with van der Waals surface area (Å²) in [6.07, 6.45) is 3.40. The smallest absolute Gasteiger partial charge is 0.0465 e. The molecule has 1 N–H and O–H groups in total. The highest BCUT2D eigenvalue weighted by molar-refractivity contribution is 5.22. The highest BCUT2D eigenvalue weighted by Gasteiger charge is 2.16. The van der Waals surface area contributed by atoms with Crippen molar-refractivity contribution < 1.29 is 4.74 Å². The Morgan fingerprint density at radius 1 is 1.21 bits per heavy atom. The van der Waals surface area contributed by atoms with Gasteiger partial charge in [0.1, 0.15) is 0 Å². The number of hydrogen-bond acceptors (Lipinski definition) is 2. The predicted octanol–water partition coefficient (Wildman–Crippen LogP) is 3.58. The number of aryl methyl sites for hydroxylation is 1. The van der Waals surface area contributed by atoms with Crippen molar-refractivity contribution in [3.63, 3.8) is 0 Å². The van der Waals surface area contributed by atoms with Gasteiger partial charge in [-0.1, -0.05) is 43.7 Å². The zero-order valence-corrected chi connectivity index (χ0v) is 12.9. The summed E-state index contributed by atoms with van der Waals surface area (Å²) in [5.41, 5.74) is 2.75. The van der Waals surface area contributed by atoms with Gasteiger partial charge in [-0.15, -0.1) is 0 Å². The maximum Gasteiger partial charge on any atom is 0.0465 e. The van der Waals surface area contributed by atoms with Crippen LogP contribution in [0.15, 0.2) is 24.3 Å². The second kappa shape index (κ2) is 9.11. The first-order valence-electron chi connectivity index (χ1n) is 7.45. The molecule has 0 saturated heterocycles. The zero-order valence-electron chi connectivity index (χ0n) is 12.9. The summed E-state index contributed by atoms with van der Waals surface area (Å²) in [5.74, 6) is 0.632. The number of benzene rings is 1. The van der Waals surface area contributed by atoms with Gasteiger partial charge >= 0.3 is 0 Å². The molecule has 1 aromatic carbocycles. The molecule has 1 aromatic rings. The standard InChI is InChI=1S/C17H29NO/c1-5-11-18-17(15(3)10-12-19-4)13-16-8-6-14(2)7-9-16/h6-9,15,17-18H,5,10-13H2,1-4H3. The first-order chi connectivity index (χ1) is 9.17. The molecule has 2 atom stereocenters. The van der Waals surface area contributed by atoms with Crippen LogP contribution in [0.4, 0.5) is 0 Å². The molecule has 0 saturated carbocycles. The van der Waals surface area contributed by atoms with E-state index >= 15 is 0 Å². The molecule has 0 spiro atoms. The van der Waals surface area contributed by atoms with Gasteiger partial charge in [0, 0.05) is 19.8 Å². The first kappa shape index (κ1) is 16.2. The molecule has 0 amide bonds. The monoisotopic (exact) mass is 263 g/mol. The summed E-state index contributed by atoms with van der Waals surface area (Å²) < 4.78 is 5.21. The Morgan fingerprint density at radius 2 is 1.89 bits per heavy atom. The lowest BCUT2D eigenvalue weighted by Gasteiger charge is -2.25. The van der Waals surface area contributed by atoms with E-state index in [2.05, 4.69) is 50.4 Å². The maximum absolute atomic E-state index is 5.21. The fourth-order valence-corrected chi connectivity index (χ4v) is 2.29. The van der Waals surface area contributed by atoms with Gasteiger partial charge in [0.15, 0.2) is 0 Å². The van der Waals surface area contributed by atoms with Crippen LogP contribution in [0.5, 0.6) is 0 Å². The average molecular weight is 263 g/mol. The van der Waals surface area contributed by atoms with E-state index in [4.69, 9.17) is 4.74 Å². The van der Waals surface area contributed by atoms with E-state index in [1.54, 1.807) is 7.11 Å². The summed E-state index contributed by atoms with van der Waals surface area (Å²) in [6, 6.07) is 9.44. The lowest BCUT2D eigenvalue weighted by Crippen LogP contribution is -2.37. The minimum absolute atomic E-state index is 0.540. The molecule has 1 rings (SSSR count). The lowest BCUT2D eigenvalue weighted by molar-refractivity contribution is 0.170. The van der Waals surface area contributed by atoms with Crippen molar-refractivity contribution in [3.05, 3.63) is 35.4 Å². The van der Waals surface area contributed by atoms with E-state index in [0.29, 0.717) is 12.0 Å². The molecule has 0 aliphatic carbocycles. The minimum atomic E-state index is 0.540. The number of methoxy groups -OCH3 is 1. The molecule has 0 bridgehead atoms. The van der Waals surface area contributed by atoms with Crippen molar-refractivity contribution in [2.45, 2.75) is 46.1 Å². The van der Waals surface area contributed by atoms with E-state index in [1.807, 2.05) is 0 Å². The molecular formula is C17H29NO. The number of rotatable bonds is 9. The van der Waals surface area contributed by atoms with Crippen LogP contribution < -0.4 is 5.32 Å². The first-order valence-corrected chi connectivity index (χ1v) is 7.45. The predicted molar refractivity (Wildman–Crippen MR) is 82.6 cm³/mol. The van der Waals surface area contributed by atoms with Gasteiger partial charge in [-0.2, -0.15) is 0 Å². The minimum Gasteiger partial charge on any atom is -0.385 e. The molecule has 0 radical (unpaired) electrons. The molecule has 2 heteroatoms. The third-order valence-corrected chi connectivity index (χ3v) is 3.70. The number of nitrogens with one attached hydrogen (secondary N) is 1. The third kappa shape index (κ3) is 6.22. The molecule has 0 fully saturated rings. The van der Waals surface area contributed by atoms with Crippen LogP contribution in [0, 0.1) is 12.8 Å². The molecule has 19 heavy (non-hydrogen) atoms. The molecular weight excluding hydrogens is 234 g/mol. The van der Waals surface area contributed by atoms with E-state index < -0.39 is 0 Å². The Bertz CT molecular complexity index is 334. The van der Waals surface area contributed by atoms with E-state index in [1.165, 1.54) is 17.5 Å². The fraction of sp³-hybridized carbons (Fsp3) is 0.647. The Morgan fingerprint density at radius 3 is 2.47 bits per heavy atom. The molecule has 0 heterocycles. The summed E-state index contributed by atoms with van der Waals surface area (Å²) in [4.78, 5) is 0. The molecule has 2 nitrogen and oxygen atoms in total. The summed E-state index contributed by atoms with van der Waals surface area (Å²) >= 11 is 0. The number of hydrogen-bond donors (Lipinski definition) is 1. The van der Waals surface area contributed by atoms with Crippen molar-refractivity contribution in [1.29, 1.82) is 0 Å². The highest BCUT2D eigenvalue weighted by Crippen LogP contribution is 2.15. The van der Waals surface area contributed by atoms with Gasteiger partial charge in [-0.25, -0.2) is 0 Å². The van der Waals surface area contributed by atoms with Gasteiger partial charge in [0.05, 0.1) is 0 Å². The Balaban J connectivity index is 2.59. The SMILES string of the molecule is CCCNC(Cc1ccc(C)cc1)C(C)CCOC. The van der Waals surface area contributed by atoms with Crippen molar-refractivity contribution in [2.24, 2.45) is 5.92 Å². The highest BCUT2D eigenvalue weighted by atomic mass is 16.5. The van der Waals surface area contributed by atoms with Crippen LogP contribution in [0.3, 0.4) is 0 Å². The third-order valence-electron chi connectivity index (χ3n) is 3.70. The topological polar surface area (TPSA) is 21.3 Å². The van der Waals surface area contributed by atoms with Crippen LogP contribution in [0.2, 0.25) is 0 Å². The van der Waals surface area contributed by atoms with Crippen LogP contribution in [-0.2, 0) is 11.2 Å². The van der Waals surface area contributed by atoms with E-state index in [-0.39, 0.29) is 0 Å². The molecule has 0 aliphatic rings. The second-order valence-corrected chi connectivity index (χ2v) is 5.51. The summed E-state index contributed by atoms with van der Waals surface area (Å²) in [6.45, 7) is 8.61. The molecule has 0 aliphatic heterocycles. The Kier molecular flexibility index (Phi) is 7.76. The van der Waals surface area contributed by atoms with Crippen molar-refractivity contribution in [2.75, 3.05) is 20.3 Å². The molecule has 2 unspecified atom stereocenters. The largest absolute Gasteiger partial charge is 0.385 e. The van der Waals surface area contributed by atoms with Crippen molar-refractivity contribution in [1.82, 2.24) is 5.32 Å². The van der Waals surface area contributed by atoms with Gasteiger partial charge in [-0.3, -0.25) is 0 Å². The average Bonchev–Trinajstić information content (AvgIpc) is 2.42. The van der Waals surface area contributed by atoms with E-state index in [9.17, 15) is 0 Å². The zero-order chi connectivity index (χ0) is 14.1. The van der Waals surface area contributed by atoms with Crippen LogP contribution in [-0.4, -0.2) is 26.3 Å². The summed E-state index contributed by atoms with van der Waals surface area (Å²) in [5, 5.41) is 3.69. The van der Waals surface area contributed by atoms with E-state index in [0.717, 1.165) is 26.0 Å². The number of ether oxygens (including phenoxy) is 1. The quantitative estimate of drug-likeness (QED) is 0.735. The van der Waals surface area contributed by atoms with Crippen LogP contribution >= 0.6 is 0 Å². The Labute approximate surface area is 118 Å². The van der Waals surface area contributed by atoms with Crippen molar-refractivity contribution in [3.8, 4) is 0 Å². The van der Waals surface area contributed by atoms with Crippen molar-refractivity contribution >= 4 is 0 Å². The van der Waals surface area contributed by atoms with Crippen LogP contribution in [0.1, 0.15) is 37.8 Å². The molecule has 0 aromatic heterocycles. The van der Waals surface area contributed by atoms with Gasteiger partial charge in [0.25, 0.3) is 0 Å². The van der Waals surface area contributed by atoms with Gasteiger partial charge in [-0.05, 0) is 44.2 Å². The van der Waals surface area contributed by atoms with Gasteiger partial charge < -0.3 is 10.1 Å². The second-order valence-electron chi connectivity index (χ2n) is 5.51. The molecule has 108 valence electrons. The Hall–Kier alpha value is -0.860. The fourth-order valence-electron chi connectivity index (χ4n) is 2.29. The van der Waals surface area contributed by atoms with Gasteiger partial charge in [0.2, 0.25) is 0 Å². The summed E-state index contributed by atoms with van der Waals surface area (Å²) in [7, 11) is 1.78.